The summed E-state index contributed by atoms with van der Waals surface area (Å²) in [5, 5.41) is 4.17. The molecule has 6 nitrogen and oxygen atoms in total. The Labute approximate surface area is 158 Å². The first-order valence-corrected chi connectivity index (χ1v) is 9.14. The number of piperidine rings is 1. The first-order valence-electron chi connectivity index (χ1n) is 8.76. The lowest BCUT2D eigenvalue weighted by atomic mass is 9.94. The molecule has 0 bridgehead atoms. The van der Waals surface area contributed by atoms with E-state index in [1.165, 1.54) is 7.11 Å². The van der Waals surface area contributed by atoms with Gasteiger partial charge in [-0.15, -0.1) is 0 Å². The summed E-state index contributed by atoms with van der Waals surface area (Å²) < 4.78 is 5.87. The Morgan fingerprint density at radius 1 is 1.19 bits per heavy atom. The summed E-state index contributed by atoms with van der Waals surface area (Å²) in [6.07, 6.45) is 8.35. The highest BCUT2D eigenvalue weighted by Gasteiger charge is 2.20. The van der Waals surface area contributed by atoms with E-state index in [0.717, 1.165) is 56.1 Å². The normalized spacial score (nSPS) is 15.4. The van der Waals surface area contributed by atoms with Gasteiger partial charge >= 0.3 is 0 Å². The van der Waals surface area contributed by atoms with Crippen molar-refractivity contribution in [2.45, 2.75) is 19.3 Å². The molecule has 3 rings (SSSR count). The maximum absolute atomic E-state index is 5.87. The third-order valence-corrected chi connectivity index (χ3v) is 4.72. The summed E-state index contributed by atoms with van der Waals surface area (Å²) in [5.74, 6) is 2.47. The van der Waals surface area contributed by atoms with Gasteiger partial charge in [0.05, 0.1) is 25.2 Å². The molecule has 0 N–H and O–H groups in total. The quantitative estimate of drug-likeness (QED) is 0.545. The number of benzene rings is 1. The molecule has 0 saturated carbocycles. The van der Waals surface area contributed by atoms with Gasteiger partial charge in [0.2, 0.25) is 0 Å². The standard InChI is InChI=1S/C19H23ClN4O2/c1-25-23-12-16-2-4-17(5-3-16)26-11-8-15-6-9-24(10-7-15)19-14-21-18(20)13-22-19/h2-5,12-15H,6-11H2,1H3. The third kappa shape index (κ3) is 5.33. The van der Waals surface area contributed by atoms with Crippen LogP contribution in [0.4, 0.5) is 5.82 Å². The van der Waals surface area contributed by atoms with Crippen molar-refractivity contribution in [2.24, 2.45) is 11.1 Å². The predicted octanol–water partition coefficient (Wildman–Crippen LogP) is 3.80. The van der Waals surface area contributed by atoms with Crippen LogP contribution in [0.3, 0.4) is 0 Å². The van der Waals surface area contributed by atoms with E-state index in [0.29, 0.717) is 11.1 Å². The molecule has 0 unspecified atom stereocenters. The van der Waals surface area contributed by atoms with E-state index >= 15 is 0 Å². The maximum atomic E-state index is 5.87. The second kappa shape index (κ2) is 9.38. The number of aromatic nitrogens is 2. The summed E-state index contributed by atoms with van der Waals surface area (Å²) >= 11 is 5.79. The lowest BCUT2D eigenvalue weighted by Crippen LogP contribution is -2.34. The smallest absolute Gasteiger partial charge is 0.147 e. The Morgan fingerprint density at radius 2 is 1.96 bits per heavy atom. The van der Waals surface area contributed by atoms with Crippen LogP contribution in [0.1, 0.15) is 24.8 Å². The van der Waals surface area contributed by atoms with Crippen LogP contribution < -0.4 is 9.64 Å². The summed E-state index contributed by atoms with van der Waals surface area (Å²) in [5.41, 5.74) is 0.983. The maximum Gasteiger partial charge on any atom is 0.147 e. The molecule has 26 heavy (non-hydrogen) atoms. The van der Waals surface area contributed by atoms with E-state index in [1.807, 2.05) is 24.3 Å². The number of ether oxygens (including phenoxy) is 1. The van der Waals surface area contributed by atoms with Crippen molar-refractivity contribution < 1.29 is 9.57 Å². The highest BCUT2D eigenvalue weighted by atomic mass is 35.5. The van der Waals surface area contributed by atoms with Gasteiger partial charge in [0, 0.05) is 13.1 Å². The Kier molecular flexibility index (Phi) is 6.66. The molecule has 0 aliphatic carbocycles. The predicted molar refractivity (Wildman–Crippen MR) is 103 cm³/mol. The van der Waals surface area contributed by atoms with Crippen molar-refractivity contribution >= 4 is 23.6 Å². The van der Waals surface area contributed by atoms with E-state index in [2.05, 4.69) is 24.9 Å². The minimum atomic E-state index is 0.430. The lowest BCUT2D eigenvalue weighted by Gasteiger charge is -2.32. The van der Waals surface area contributed by atoms with Crippen LogP contribution in [0.2, 0.25) is 5.15 Å². The highest BCUT2D eigenvalue weighted by Crippen LogP contribution is 2.24. The minimum absolute atomic E-state index is 0.430. The Morgan fingerprint density at radius 3 is 2.62 bits per heavy atom. The Balaban J connectivity index is 1.38. The van der Waals surface area contributed by atoms with Gasteiger partial charge in [-0.25, -0.2) is 9.97 Å². The fraction of sp³-hybridized carbons (Fsp3) is 0.421. The number of hydrogen-bond donors (Lipinski definition) is 0. The topological polar surface area (TPSA) is 59.8 Å². The first kappa shape index (κ1) is 18.5. The van der Waals surface area contributed by atoms with Crippen molar-refractivity contribution in [3.63, 3.8) is 0 Å². The molecule has 0 radical (unpaired) electrons. The molecular weight excluding hydrogens is 352 g/mol. The molecular formula is C19H23ClN4O2. The van der Waals surface area contributed by atoms with Gasteiger partial charge in [0.1, 0.15) is 23.8 Å². The average Bonchev–Trinajstić information content (AvgIpc) is 2.69. The number of rotatable bonds is 7. The molecule has 0 atom stereocenters. The van der Waals surface area contributed by atoms with Crippen molar-refractivity contribution in [2.75, 3.05) is 31.7 Å². The fourth-order valence-electron chi connectivity index (χ4n) is 3.03. The van der Waals surface area contributed by atoms with E-state index in [4.69, 9.17) is 16.3 Å². The summed E-state index contributed by atoms with van der Waals surface area (Å²) in [6.45, 7) is 2.72. The minimum Gasteiger partial charge on any atom is -0.494 e. The first-order chi connectivity index (χ1) is 12.7. The molecule has 1 saturated heterocycles. The van der Waals surface area contributed by atoms with Crippen LogP contribution in [0.25, 0.3) is 0 Å². The van der Waals surface area contributed by atoms with Crippen molar-refractivity contribution in [1.29, 1.82) is 0 Å². The van der Waals surface area contributed by atoms with Crippen LogP contribution in [-0.2, 0) is 4.84 Å². The SMILES string of the molecule is CON=Cc1ccc(OCCC2CCN(c3cnc(Cl)cn3)CC2)cc1. The van der Waals surface area contributed by atoms with Gasteiger partial charge in [0.15, 0.2) is 0 Å². The molecule has 1 aliphatic heterocycles. The van der Waals surface area contributed by atoms with Crippen molar-refractivity contribution in [3.8, 4) is 5.75 Å². The van der Waals surface area contributed by atoms with Crippen LogP contribution in [0.15, 0.2) is 41.8 Å². The Hall–Kier alpha value is -2.34. The molecule has 0 amide bonds. The summed E-state index contributed by atoms with van der Waals surface area (Å²) in [7, 11) is 1.53. The number of nitrogens with zero attached hydrogens (tertiary/aromatic N) is 4. The zero-order valence-corrected chi connectivity index (χ0v) is 15.6. The van der Waals surface area contributed by atoms with Gasteiger partial charge in [-0.05, 0) is 55.0 Å². The molecule has 1 aromatic carbocycles. The van der Waals surface area contributed by atoms with Gasteiger partial charge < -0.3 is 14.5 Å². The molecule has 1 fully saturated rings. The van der Waals surface area contributed by atoms with E-state index in [-0.39, 0.29) is 0 Å². The number of hydrogen-bond acceptors (Lipinski definition) is 6. The second-order valence-corrected chi connectivity index (χ2v) is 6.64. The van der Waals surface area contributed by atoms with Crippen molar-refractivity contribution in [1.82, 2.24) is 9.97 Å². The lowest BCUT2D eigenvalue weighted by molar-refractivity contribution is 0.215. The molecule has 2 heterocycles. The number of oxime groups is 1. The zero-order chi connectivity index (χ0) is 18.2. The van der Waals surface area contributed by atoms with Gasteiger partial charge in [-0.3, -0.25) is 0 Å². The molecule has 0 spiro atoms. The van der Waals surface area contributed by atoms with Crippen LogP contribution in [0.5, 0.6) is 5.75 Å². The van der Waals surface area contributed by atoms with Gasteiger partial charge in [0.25, 0.3) is 0 Å². The van der Waals surface area contributed by atoms with Crippen molar-refractivity contribution in [3.05, 3.63) is 47.4 Å². The number of anilines is 1. The Bertz CT molecular complexity index is 698. The molecule has 1 aliphatic rings. The third-order valence-electron chi connectivity index (χ3n) is 4.53. The van der Waals surface area contributed by atoms with Gasteiger partial charge in [-0.2, -0.15) is 0 Å². The van der Waals surface area contributed by atoms with Gasteiger partial charge in [-0.1, -0.05) is 16.8 Å². The molecule has 138 valence electrons. The van der Waals surface area contributed by atoms with E-state index < -0.39 is 0 Å². The summed E-state index contributed by atoms with van der Waals surface area (Å²) in [4.78, 5) is 15.4. The highest BCUT2D eigenvalue weighted by molar-refractivity contribution is 6.29. The average molecular weight is 375 g/mol. The molecule has 1 aromatic heterocycles. The van der Waals surface area contributed by atoms with Crippen LogP contribution in [0, 0.1) is 5.92 Å². The second-order valence-electron chi connectivity index (χ2n) is 6.25. The van der Waals surface area contributed by atoms with Crippen LogP contribution >= 0.6 is 11.6 Å². The summed E-state index contributed by atoms with van der Waals surface area (Å²) in [6, 6.07) is 7.84. The van der Waals surface area contributed by atoms with Crippen LogP contribution in [-0.4, -0.2) is 43.0 Å². The monoisotopic (exact) mass is 374 g/mol. The molecule has 2 aromatic rings. The van der Waals surface area contributed by atoms with E-state index in [1.54, 1.807) is 18.6 Å². The largest absolute Gasteiger partial charge is 0.494 e. The zero-order valence-electron chi connectivity index (χ0n) is 14.8. The molecule has 7 heteroatoms. The number of halogens is 1. The fourth-order valence-corrected chi connectivity index (χ4v) is 3.12. The van der Waals surface area contributed by atoms with E-state index in [9.17, 15) is 0 Å².